The van der Waals surface area contributed by atoms with Crippen LogP contribution < -0.4 is 9.47 Å². The van der Waals surface area contributed by atoms with Crippen LogP contribution in [0.15, 0.2) is 48.8 Å². The van der Waals surface area contributed by atoms with E-state index in [1.165, 1.54) is 5.56 Å². The summed E-state index contributed by atoms with van der Waals surface area (Å²) in [6, 6.07) is 11.7. The minimum Gasteiger partial charge on any atom is -0.491 e. The quantitative estimate of drug-likeness (QED) is 0.158. The Morgan fingerprint density at radius 3 is 2.15 bits per heavy atom. The first-order chi connectivity index (χ1) is 15.8. The smallest absolute Gasteiger partial charge is 0.307 e. The van der Waals surface area contributed by atoms with Crippen LogP contribution in [-0.4, -0.2) is 22.7 Å². The Kier molecular flexibility index (Phi) is 11.2. The number of carboxylic acid groups (broad SMARTS) is 1. The molecule has 2 aromatic carbocycles. The fourth-order valence-corrected chi connectivity index (χ4v) is 7.31. The standard InChI is InChI=1S/C24H21I4NO4/c25-18-9-16(11-22(30)31)10-19(26)24(18)33-17-12-20(27)23(21(28)13-17)32-8-3-1-2-5-15-6-4-7-29-14-15/h4,6-7,9-10,12-14H,1-3,5,8,11H2,(H,30,31). The highest BCUT2D eigenvalue weighted by atomic mass is 127. The number of halogens is 4. The average molecular weight is 895 g/mol. The van der Waals surface area contributed by atoms with Gasteiger partial charge >= 0.3 is 5.97 Å². The average Bonchev–Trinajstić information content (AvgIpc) is 2.75. The van der Waals surface area contributed by atoms with Gasteiger partial charge < -0.3 is 14.6 Å². The molecule has 0 aliphatic carbocycles. The summed E-state index contributed by atoms with van der Waals surface area (Å²) in [6.45, 7) is 0.681. The first-order valence-corrected chi connectivity index (χ1v) is 14.5. The van der Waals surface area contributed by atoms with Gasteiger partial charge in [0.05, 0.1) is 27.3 Å². The van der Waals surface area contributed by atoms with Crippen molar-refractivity contribution in [1.82, 2.24) is 4.98 Å². The highest BCUT2D eigenvalue weighted by Crippen LogP contribution is 2.37. The maximum atomic E-state index is 11.0. The lowest BCUT2D eigenvalue weighted by Crippen LogP contribution is -2.03. The molecule has 5 nitrogen and oxygen atoms in total. The minimum absolute atomic E-state index is 0.00240. The van der Waals surface area contributed by atoms with E-state index >= 15 is 0 Å². The number of carbonyl (C=O) groups is 1. The summed E-state index contributed by atoms with van der Waals surface area (Å²) in [6.07, 6.45) is 8.01. The van der Waals surface area contributed by atoms with E-state index < -0.39 is 5.97 Å². The maximum Gasteiger partial charge on any atom is 0.307 e. The molecular weight excluding hydrogens is 874 g/mol. The molecule has 0 spiro atoms. The molecule has 0 saturated carbocycles. The topological polar surface area (TPSA) is 68.7 Å². The second kappa shape index (κ2) is 13.6. The van der Waals surface area contributed by atoms with E-state index in [4.69, 9.17) is 14.6 Å². The second-order valence-electron chi connectivity index (χ2n) is 7.30. The normalized spacial score (nSPS) is 10.8. The number of aliphatic carboxylic acids is 1. The van der Waals surface area contributed by atoms with Crippen molar-refractivity contribution in [2.45, 2.75) is 32.1 Å². The van der Waals surface area contributed by atoms with E-state index in [1.807, 2.05) is 36.5 Å². The van der Waals surface area contributed by atoms with Gasteiger partial charge in [0.25, 0.3) is 0 Å². The molecule has 1 heterocycles. The van der Waals surface area contributed by atoms with Gasteiger partial charge in [-0.1, -0.05) is 6.07 Å². The lowest BCUT2D eigenvalue weighted by atomic mass is 10.1. The van der Waals surface area contributed by atoms with Crippen molar-refractivity contribution >= 4 is 96.3 Å². The highest BCUT2D eigenvalue weighted by molar-refractivity contribution is 14.1. The third-order valence-corrected chi connectivity index (χ3v) is 7.89. The largest absolute Gasteiger partial charge is 0.491 e. The first kappa shape index (κ1) is 27.2. The Morgan fingerprint density at radius 2 is 1.55 bits per heavy atom. The Balaban J connectivity index is 1.56. The first-order valence-electron chi connectivity index (χ1n) is 10.2. The molecule has 0 radical (unpaired) electrons. The van der Waals surface area contributed by atoms with E-state index in [1.54, 1.807) is 6.20 Å². The SMILES string of the molecule is O=C(O)Cc1cc(I)c(Oc2cc(I)c(OCCCCCc3cccnc3)c(I)c2)c(I)c1. The van der Waals surface area contributed by atoms with Crippen LogP contribution in [0.3, 0.4) is 0 Å². The van der Waals surface area contributed by atoms with E-state index in [-0.39, 0.29) is 6.42 Å². The monoisotopic (exact) mass is 895 g/mol. The molecule has 0 aliphatic heterocycles. The highest BCUT2D eigenvalue weighted by Gasteiger charge is 2.15. The second-order valence-corrected chi connectivity index (χ2v) is 11.9. The van der Waals surface area contributed by atoms with E-state index in [2.05, 4.69) is 101 Å². The summed E-state index contributed by atoms with van der Waals surface area (Å²) in [4.78, 5) is 15.2. The van der Waals surface area contributed by atoms with Crippen molar-refractivity contribution in [2.24, 2.45) is 0 Å². The van der Waals surface area contributed by atoms with Gasteiger partial charge in [0, 0.05) is 12.4 Å². The predicted octanol–water partition coefficient (Wildman–Crippen LogP) is 7.71. The van der Waals surface area contributed by atoms with Crippen molar-refractivity contribution in [3.8, 4) is 17.2 Å². The van der Waals surface area contributed by atoms with Gasteiger partial charge in [-0.2, -0.15) is 0 Å². The Bertz CT molecular complexity index is 1060. The fraction of sp³-hybridized carbons (Fsp3) is 0.250. The molecule has 3 rings (SSSR count). The molecule has 0 amide bonds. The number of unbranched alkanes of at least 4 members (excludes halogenated alkanes) is 2. The number of ether oxygens (including phenoxy) is 2. The molecule has 0 aliphatic rings. The number of hydrogen-bond acceptors (Lipinski definition) is 4. The summed E-state index contributed by atoms with van der Waals surface area (Å²) >= 11 is 8.94. The molecule has 174 valence electrons. The number of pyridine rings is 1. The molecule has 1 N–H and O–H groups in total. The van der Waals surface area contributed by atoms with Crippen LogP contribution in [0.5, 0.6) is 17.2 Å². The van der Waals surface area contributed by atoms with Crippen molar-refractivity contribution in [3.63, 3.8) is 0 Å². The molecule has 0 saturated heterocycles. The zero-order valence-corrected chi connectivity index (χ0v) is 26.1. The number of rotatable bonds is 11. The number of carboxylic acids is 1. The van der Waals surface area contributed by atoms with Crippen LogP contribution in [0, 0.1) is 14.3 Å². The zero-order chi connectivity index (χ0) is 23.8. The van der Waals surface area contributed by atoms with Gasteiger partial charge in [0.1, 0.15) is 11.5 Å². The Morgan fingerprint density at radius 1 is 0.879 bits per heavy atom. The molecule has 3 aromatic rings. The van der Waals surface area contributed by atoms with E-state index in [9.17, 15) is 4.79 Å². The van der Waals surface area contributed by atoms with Crippen molar-refractivity contribution in [1.29, 1.82) is 0 Å². The van der Waals surface area contributed by atoms with Crippen molar-refractivity contribution in [2.75, 3.05) is 6.61 Å². The fourth-order valence-electron chi connectivity index (χ4n) is 3.17. The summed E-state index contributed by atoms with van der Waals surface area (Å²) in [5, 5.41) is 9.04. The molecular formula is C24H21I4NO4. The third kappa shape index (κ3) is 8.63. The van der Waals surface area contributed by atoms with Gasteiger partial charge in [-0.15, -0.1) is 0 Å². The lowest BCUT2D eigenvalue weighted by molar-refractivity contribution is -0.136. The molecule has 0 fully saturated rings. The van der Waals surface area contributed by atoms with Gasteiger partial charge in [-0.05, 0) is 158 Å². The number of hydrogen-bond donors (Lipinski definition) is 1. The Labute approximate surface area is 248 Å². The summed E-state index contributed by atoms with van der Waals surface area (Å²) in [7, 11) is 0. The van der Waals surface area contributed by atoms with Crippen molar-refractivity contribution < 1.29 is 19.4 Å². The summed E-state index contributed by atoms with van der Waals surface area (Å²) in [5.41, 5.74) is 2.04. The van der Waals surface area contributed by atoms with Gasteiger partial charge in [-0.25, -0.2) is 0 Å². The molecule has 9 heteroatoms. The van der Waals surface area contributed by atoms with E-state index in [0.29, 0.717) is 6.61 Å². The molecule has 0 atom stereocenters. The van der Waals surface area contributed by atoms with Crippen LogP contribution in [0.25, 0.3) is 0 Å². The van der Waals surface area contributed by atoms with E-state index in [0.717, 1.165) is 62.8 Å². The third-order valence-electron chi connectivity index (χ3n) is 4.68. The van der Waals surface area contributed by atoms with Crippen LogP contribution in [-0.2, 0) is 17.6 Å². The molecule has 33 heavy (non-hydrogen) atoms. The summed E-state index contributed by atoms with van der Waals surface area (Å²) in [5.74, 6) is 1.51. The van der Waals surface area contributed by atoms with Gasteiger partial charge in [0.2, 0.25) is 0 Å². The zero-order valence-electron chi connectivity index (χ0n) is 17.5. The minimum atomic E-state index is -0.844. The summed E-state index contributed by atoms with van der Waals surface area (Å²) < 4.78 is 16.0. The number of aromatic nitrogens is 1. The van der Waals surface area contributed by atoms with Crippen LogP contribution in [0.2, 0.25) is 0 Å². The van der Waals surface area contributed by atoms with Crippen LogP contribution in [0.1, 0.15) is 30.4 Å². The predicted molar refractivity (Wildman–Crippen MR) is 162 cm³/mol. The number of benzene rings is 2. The number of nitrogens with zero attached hydrogens (tertiary/aromatic N) is 1. The van der Waals surface area contributed by atoms with Crippen molar-refractivity contribution in [3.05, 3.63) is 74.2 Å². The molecule has 1 aromatic heterocycles. The van der Waals surface area contributed by atoms with Crippen LogP contribution >= 0.6 is 90.4 Å². The Hall–Kier alpha value is -0.420. The molecule has 0 bridgehead atoms. The molecule has 0 unspecified atom stereocenters. The van der Waals surface area contributed by atoms with Gasteiger partial charge in [-0.3, -0.25) is 9.78 Å². The van der Waals surface area contributed by atoms with Crippen LogP contribution in [0.4, 0.5) is 0 Å². The number of aryl methyl sites for hydroxylation is 1. The lowest BCUT2D eigenvalue weighted by Gasteiger charge is -2.15. The maximum absolute atomic E-state index is 11.0. The van der Waals surface area contributed by atoms with Gasteiger partial charge in [0.15, 0.2) is 5.75 Å².